The Bertz CT molecular complexity index is 647. The molecular weight excluding hydrogens is 280 g/mol. The highest BCUT2D eigenvalue weighted by molar-refractivity contribution is 7.98. The molecule has 1 aromatic heterocycles. The van der Waals surface area contributed by atoms with Crippen molar-refractivity contribution >= 4 is 28.5 Å². The monoisotopic (exact) mass is 302 g/mol. The normalized spacial score (nSPS) is 16.7. The van der Waals surface area contributed by atoms with Gasteiger partial charge >= 0.3 is 0 Å². The first-order chi connectivity index (χ1) is 10.2. The van der Waals surface area contributed by atoms with Gasteiger partial charge in [-0.25, -0.2) is 4.98 Å². The summed E-state index contributed by atoms with van der Waals surface area (Å²) < 4.78 is 0. The Labute approximate surface area is 130 Å². The molecule has 0 saturated heterocycles. The number of hydrogen-bond donors (Lipinski definition) is 2. The second kappa shape index (κ2) is 5.85. The molecule has 1 saturated carbocycles. The van der Waals surface area contributed by atoms with Gasteiger partial charge in [0.1, 0.15) is 5.82 Å². The topological polar surface area (TPSA) is 45.2 Å². The maximum Gasteiger partial charge on any atom is 0.126 e. The highest BCUT2D eigenvalue weighted by Gasteiger charge is 2.36. The van der Waals surface area contributed by atoms with Crippen molar-refractivity contribution in [2.45, 2.75) is 31.1 Å². The molecule has 0 bridgehead atoms. The average molecular weight is 302 g/mol. The molecule has 1 aromatic carbocycles. The van der Waals surface area contributed by atoms with Crippen LogP contribution in [0.2, 0.25) is 0 Å². The number of anilines is 1. The SMILES string of the molecule is CSc1ccc2nc(NCC3(CO)CCC3)cc(C)c2c1. The molecule has 1 aliphatic carbocycles. The molecule has 0 aliphatic heterocycles. The van der Waals surface area contributed by atoms with Crippen LogP contribution < -0.4 is 5.32 Å². The number of aryl methyl sites for hydroxylation is 1. The first kappa shape index (κ1) is 14.7. The fourth-order valence-electron chi connectivity index (χ4n) is 2.94. The van der Waals surface area contributed by atoms with Crippen LogP contribution >= 0.6 is 11.8 Å². The van der Waals surface area contributed by atoms with Gasteiger partial charge in [0.2, 0.25) is 0 Å². The number of fused-ring (bicyclic) bond motifs is 1. The van der Waals surface area contributed by atoms with Crippen molar-refractivity contribution in [3.63, 3.8) is 0 Å². The highest BCUT2D eigenvalue weighted by Crippen LogP contribution is 2.40. The molecule has 3 rings (SSSR count). The number of aliphatic hydroxyl groups is 1. The fraction of sp³-hybridized carbons (Fsp3) is 0.471. The summed E-state index contributed by atoms with van der Waals surface area (Å²) in [7, 11) is 0. The molecule has 1 aliphatic rings. The van der Waals surface area contributed by atoms with Gasteiger partial charge < -0.3 is 10.4 Å². The van der Waals surface area contributed by atoms with Gasteiger partial charge in [-0.05, 0) is 55.9 Å². The van der Waals surface area contributed by atoms with Crippen molar-refractivity contribution in [3.8, 4) is 0 Å². The van der Waals surface area contributed by atoms with E-state index in [0.29, 0.717) is 0 Å². The van der Waals surface area contributed by atoms with Crippen LogP contribution in [0.1, 0.15) is 24.8 Å². The van der Waals surface area contributed by atoms with E-state index in [1.165, 1.54) is 22.3 Å². The molecule has 3 nitrogen and oxygen atoms in total. The number of rotatable bonds is 5. The van der Waals surface area contributed by atoms with Crippen LogP contribution in [0.25, 0.3) is 10.9 Å². The molecule has 0 atom stereocenters. The van der Waals surface area contributed by atoms with Gasteiger partial charge in [-0.1, -0.05) is 6.42 Å². The number of pyridine rings is 1. The molecule has 1 heterocycles. The van der Waals surface area contributed by atoms with Crippen LogP contribution in [0, 0.1) is 12.3 Å². The zero-order chi connectivity index (χ0) is 14.9. The Morgan fingerprint density at radius 1 is 1.33 bits per heavy atom. The van der Waals surface area contributed by atoms with Gasteiger partial charge in [-0.2, -0.15) is 0 Å². The molecule has 21 heavy (non-hydrogen) atoms. The van der Waals surface area contributed by atoms with Crippen molar-refractivity contribution in [1.29, 1.82) is 0 Å². The van der Waals surface area contributed by atoms with Gasteiger partial charge in [0.05, 0.1) is 12.1 Å². The van der Waals surface area contributed by atoms with Crippen LogP contribution in [0.5, 0.6) is 0 Å². The van der Waals surface area contributed by atoms with E-state index >= 15 is 0 Å². The van der Waals surface area contributed by atoms with Gasteiger partial charge in [0, 0.05) is 22.2 Å². The lowest BCUT2D eigenvalue weighted by Crippen LogP contribution is -2.39. The van der Waals surface area contributed by atoms with Crippen LogP contribution in [0.15, 0.2) is 29.2 Å². The lowest BCUT2D eigenvalue weighted by Gasteiger charge is -2.40. The molecule has 0 spiro atoms. The predicted octanol–water partition coefficient (Wildman–Crippen LogP) is 3.84. The van der Waals surface area contributed by atoms with Gasteiger partial charge in [0.25, 0.3) is 0 Å². The van der Waals surface area contributed by atoms with Gasteiger partial charge in [-0.15, -0.1) is 11.8 Å². The minimum absolute atomic E-state index is 0.0766. The zero-order valence-corrected chi connectivity index (χ0v) is 13.5. The minimum atomic E-state index is 0.0766. The Kier molecular flexibility index (Phi) is 4.09. The second-order valence-corrected chi connectivity index (χ2v) is 6.95. The quantitative estimate of drug-likeness (QED) is 0.824. The van der Waals surface area contributed by atoms with E-state index in [1.54, 1.807) is 11.8 Å². The van der Waals surface area contributed by atoms with Crippen molar-refractivity contribution < 1.29 is 5.11 Å². The Morgan fingerprint density at radius 3 is 2.76 bits per heavy atom. The van der Waals surface area contributed by atoms with E-state index in [4.69, 9.17) is 4.98 Å². The molecule has 2 N–H and O–H groups in total. The molecule has 0 radical (unpaired) electrons. The summed E-state index contributed by atoms with van der Waals surface area (Å²) in [6.45, 7) is 3.21. The van der Waals surface area contributed by atoms with Crippen LogP contribution in [-0.4, -0.2) is 29.5 Å². The van der Waals surface area contributed by atoms with Crippen molar-refractivity contribution in [1.82, 2.24) is 4.98 Å². The Hall–Kier alpha value is -1.26. The lowest BCUT2D eigenvalue weighted by molar-refractivity contribution is 0.0576. The largest absolute Gasteiger partial charge is 0.396 e. The van der Waals surface area contributed by atoms with Crippen molar-refractivity contribution in [2.24, 2.45) is 5.41 Å². The summed E-state index contributed by atoms with van der Waals surface area (Å²) in [6, 6.07) is 8.51. The maximum absolute atomic E-state index is 9.54. The standard InChI is InChI=1S/C17H22N2OS/c1-12-8-16(18-10-17(11-20)6-3-7-17)19-15-5-4-13(21-2)9-14(12)15/h4-5,8-9,20H,3,6-7,10-11H2,1-2H3,(H,18,19). The van der Waals surface area contributed by atoms with E-state index in [0.717, 1.165) is 30.7 Å². The summed E-state index contributed by atoms with van der Waals surface area (Å²) in [5.41, 5.74) is 2.35. The summed E-state index contributed by atoms with van der Waals surface area (Å²) in [5.74, 6) is 0.914. The van der Waals surface area contributed by atoms with E-state index in [-0.39, 0.29) is 12.0 Å². The minimum Gasteiger partial charge on any atom is -0.396 e. The van der Waals surface area contributed by atoms with E-state index in [2.05, 4.69) is 42.8 Å². The number of hydrogen-bond acceptors (Lipinski definition) is 4. The summed E-state index contributed by atoms with van der Waals surface area (Å²) in [6.07, 6.45) is 5.54. The molecule has 1 fully saturated rings. The van der Waals surface area contributed by atoms with Crippen LogP contribution in [0.3, 0.4) is 0 Å². The Balaban J connectivity index is 1.83. The number of thioether (sulfide) groups is 1. The lowest BCUT2D eigenvalue weighted by atomic mass is 9.69. The van der Waals surface area contributed by atoms with Crippen LogP contribution in [0.4, 0.5) is 5.82 Å². The summed E-state index contributed by atoms with van der Waals surface area (Å²) in [4.78, 5) is 5.97. The zero-order valence-electron chi connectivity index (χ0n) is 12.6. The maximum atomic E-state index is 9.54. The van der Waals surface area contributed by atoms with E-state index in [1.807, 2.05) is 0 Å². The third-order valence-electron chi connectivity index (χ3n) is 4.62. The van der Waals surface area contributed by atoms with Crippen LogP contribution in [-0.2, 0) is 0 Å². The average Bonchev–Trinajstić information content (AvgIpc) is 2.46. The number of nitrogens with one attached hydrogen (secondary N) is 1. The first-order valence-electron chi connectivity index (χ1n) is 7.46. The van der Waals surface area contributed by atoms with Crippen molar-refractivity contribution in [3.05, 3.63) is 29.8 Å². The molecule has 2 aromatic rings. The number of aromatic nitrogens is 1. The highest BCUT2D eigenvalue weighted by atomic mass is 32.2. The third-order valence-corrected chi connectivity index (χ3v) is 5.34. The van der Waals surface area contributed by atoms with E-state index < -0.39 is 0 Å². The summed E-state index contributed by atoms with van der Waals surface area (Å²) in [5, 5.41) is 14.2. The number of aliphatic hydroxyl groups excluding tert-OH is 1. The van der Waals surface area contributed by atoms with Gasteiger partial charge in [0.15, 0.2) is 0 Å². The number of nitrogens with zero attached hydrogens (tertiary/aromatic N) is 1. The van der Waals surface area contributed by atoms with E-state index in [9.17, 15) is 5.11 Å². The number of benzene rings is 1. The third kappa shape index (κ3) is 2.87. The smallest absolute Gasteiger partial charge is 0.126 e. The second-order valence-electron chi connectivity index (χ2n) is 6.07. The van der Waals surface area contributed by atoms with Crippen molar-refractivity contribution in [2.75, 3.05) is 24.7 Å². The Morgan fingerprint density at radius 2 is 2.14 bits per heavy atom. The van der Waals surface area contributed by atoms with Gasteiger partial charge in [-0.3, -0.25) is 0 Å². The molecular formula is C17H22N2OS. The molecule has 0 unspecified atom stereocenters. The predicted molar refractivity (Wildman–Crippen MR) is 90.1 cm³/mol. The summed E-state index contributed by atoms with van der Waals surface area (Å²) >= 11 is 1.75. The molecule has 0 amide bonds. The first-order valence-corrected chi connectivity index (χ1v) is 8.68. The molecule has 4 heteroatoms. The molecule has 112 valence electrons. The fourth-order valence-corrected chi connectivity index (χ4v) is 3.38.